The minimum atomic E-state index is 1.07. The summed E-state index contributed by atoms with van der Waals surface area (Å²) in [5, 5.41) is 6.09. The first-order chi connectivity index (χ1) is 20.6. The van der Waals surface area contributed by atoms with Crippen LogP contribution in [0.25, 0.3) is 50.2 Å². The molecule has 1 nitrogen and oxygen atoms in total. The van der Waals surface area contributed by atoms with Gasteiger partial charge in [0, 0.05) is 11.4 Å². The molecule has 0 aliphatic heterocycles. The zero-order chi connectivity index (χ0) is 28.9. The highest BCUT2D eigenvalue weighted by Gasteiger charge is 2.09. The van der Waals surface area contributed by atoms with Gasteiger partial charge in [0.15, 0.2) is 0 Å². The molecule has 0 aliphatic rings. The third-order valence-corrected chi connectivity index (χ3v) is 7.85. The molecule has 1 N–H and O–H groups in total. The van der Waals surface area contributed by atoms with Crippen molar-refractivity contribution < 1.29 is 0 Å². The summed E-state index contributed by atoms with van der Waals surface area (Å²) >= 11 is 0. The SMILES string of the molecule is C/C=C\C=C/c1cc(-c2ccc(Nc3ccc(-c4ccc(C)c(-c5ccccc5C)c4)cc3)cc2)c2ccccc2c1. The molecule has 0 bridgehead atoms. The fraction of sp³-hybridized carbons (Fsp3) is 0.0732. The van der Waals surface area contributed by atoms with Crippen LogP contribution in [-0.2, 0) is 0 Å². The maximum absolute atomic E-state index is 3.58. The monoisotopic (exact) mass is 541 g/mol. The van der Waals surface area contributed by atoms with Crippen LogP contribution in [0.1, 0.15) is 23.6 Å². The lowest BCUT2D eigenvalue weighted by molar-refractivity contribution is 1.41. The zero-order valence-corrected chi connectivity index (χ0v) is 24.4. The van der Waals surface area contributed by atoms with Crippen molar-refractivity contribution in [3.8, 4) is 33.4 Å². The van der Waals surface area contributed by atoms with Crippen molar-refractivity contribution >= 4 is 28.2 Å². The molecule has 1 heteroatoms. The summed E-state index contributed by atoms with van der Waals surface area (Å²) in [6.07, 6.45) is 8.36. The van der Waals surface area contributed by atoms with Gasteiger partial charge in [0.25, 0.3) is 0 Å². The van der Waals surface area contributed by atoms with Crippen molar-refractivity contribution in [1.29, 1.82) is 0 Å². The molecule has 0 aliphatic carbocycles. The normalized spacial score (nSPS) is 11.5. The first kappa shape index (κ1) is 27.1. The van der Waals surface area contributed by atoms with Crippen LogP contribution in [0.5, 0.6) is 0 Å². The quantitative estimate of drug-likeness (QED) is 0.198. The number of fused-ring (bicyclic) bond motifs is 1. The van der Waals surface area contributed by atoms with Crippen molar-refractivity contribution in [3.63, 3.8) is 0 Å². The molecule has 0 fully saturated rings. The molecule has 6 aromatic carbocycles. The summed E-state index contributed by atoms with van der Waals surface area (Å²) in [6.45, 7) is 6.40. The maximum atomic E-state index is 3.58. The van der Waals surface area contributed by atoms with Gasteiger partial charge >= 0.3 is 0 Å². The Labute approximate surface area is 249 Å². The maximum Gasteiger partial charge on any atom is 0.0384 e. The number of hydrogen-bond donors (Lipinski definition) is 1. The Hall–Kier alpha value is -5.14. The van der Waals surface area contributed by atoms with Crippen LogP contribution < -0.4 is 5.32 Å². The molecule has 42 heavy (non-hydrogen) atoms. The Morgan fingerprint density at radius 1 is 0.500 bits per heavy atom. The summed E-state index contributed by atoms with van der Waals surface area (Å²) < 4.78 is 0. The topological polar surface area (TPSA) is 12.0 Å². The molecule has 0 spiro atoms. The molecule has 204 valence electrons. The van der Waals surface area contributed by atoms with Crippen molar-refractivity contribution in [1.82, 2.24) is 0 Å². The molecule has 0 saturated heterocycles. The summed E-state index contributed by atoms with van der Waals surface area (Å²) in [5.74, 6) is 0. The highest BCUT2D eigenvalue weighted by molar-refractivity contribution is 5.98. The third-order valence-electron chi connectivity index (χ3n) is 7.85. The minimum Gasteiger partial charge on any atom is -0.356 e. The standard InChI is InChI=1S/C41H35N/c1-4-5-6-12-31-26-35-13-8-10-15-39(35)41(27-31)33-20-24-37(25-21-33)42-36-22-18-32(19-23-36)34-17-16-30(3)40(28-34)38-14-9-7-11-29(38)2/h4-28,42H,1-3H3/b5-4-,12-6-. The van der Waals surface area contributed by atoms with E-state index in [-0.39, 0.29) is 0 Å². The Kier molecular flexibility index (Phi) is 7.83. The predicted octanol–water partition coefficient (Wildman–Crippen LogP) is 11.8. The van der Waals surface area contributed by atoms with E-state index in [1.165, 1.54) is 60.8 Å². The van der Waals surface area contributed by atoms with E-state index in [0.29, 0.717) is 0 Å². The average molecular weight is 542 g/mol. The average Bonchev–Trinajstić information content (AvgIpc) is 3.02. The van der Waals surface area contributed by atoms with Gasteiger partial charge < -0.3 is 5.32 Å². The first-order valence-electron chi connectivity index (χ1n) is 14.6. The number of allylic oxidation sites excluding steroid dienone is 3. The number of rotatable bonds is 7. The number of hydrogen-bond acceptors (Lipinski definition) is 1. The first-order valence-corrected chi connectivity index (χ1v) is 14.6. The van der Waals surface area contributed by atoms with Gasteiger partial charge in [-0.15, -0.1) is 0 Å². The molecule has 6 rings (SSSR count). The fourth-order valence-electron chi connectivity index (χ4n) is 5.56. The number of anilines is 2. The minimum absolute atomic E-state index is 1.07. The second-order valence-electron chi connectivity index (χ2n) is 10.8. The molecule has 0 amide bonds. The van der Waals surface area contributed by atoms with Gasteiger partial charge in [-0.25, -0.2) is 0 Å². The Morgan fingerprint density at radius 2 is 1.14 bits per heavy atom. The molecule has 6 aromatic rings. The van der Waals surface area contributed by atoms with Crippen molar-refractivity contribution in [2.45, 2.75) is 20.8 Å². The summed E-state index contributed by atoms with van der Waals surface area (Å²) in [4.78, 5) is 0. The molecule has 0 radical (unpaired) electrons. The van der Waals surface area contributed by atoms with Crippen molar-refractivity contribution in [2.75, 3.05) is 5.32 Å². The van der Waals surface area contributed by atoms with Crippen LogP contribution in [0.3, 0.4) is 0 Å². The van der Waals surface area contributed by atoms with Gasteiger partial charge in [0.05, 0.1) is 0 Å². The number of benzene rings is 6. The smallest absolute Gasteiger partial charge is 0.0384 e. The van der Waals surface area contributed by atoms with Gasteiger partial charge in [-0.1, -0.05) is 109 Å². The van der Waals surface area contributed by atoms with Crippen LogP contribution in [0.15, 0.2) is 146 Å². The van der Waals surface area contributed by atoms with Crippen molar-refractivity contribution in [2.24, 2.45) is 0 Å². The van der Waals surface area contributed by atoms with E-state index in [1.807, 2.05) is 13.0 Å². The van der Waals surface area contributed by atoms with Crippen LogP contribution in [-0.4, -0.2) is 0 Å². The van der Waals surface area contributed by atoms with Crippen LogP contribution in [0.4, 0.5) is 11.4 Å². The molecular weight excluding hydrogens is 506 g/mol. The van der Waals surface area contributed by atoms with E-state index in [0.717, 1.165) is 11.4 Å². The summed E-state index contributed by atoms with van der Waals surface area (Å²) in [5.41, 5.74) is 13.4. The predicted molar refractivity (Wildman–Crippen MR) is 183 cm³/mol. The highest BCUT2D eigenvalue weighted by Crippen LogP contribution is 2.34. The zero-order valence-electron chi connectivity index (χ0n) is 24.4. The number of aryl methyl sites for hydroxylation is 2. The molecule has 0 saturated carbocycles. The molecule has 0 atom stereocenters. The van der Waals surface area contributed by atoms with Crippen LogP contribution >= 0.6 is 0 Å². The van der Waals surface area contributed by atoms with E-state index in [4.69, 9.17) is 0 Å². The Balaban J connectivity index is 1.23. The third kappa shape index (κ3) is 5.82. The second kappa shape index (κ2) is 12.2. The number of nitrogens with one attached hydrogen (secondary N) is 1. The lowest BCUT2D eigenvalue weighted by Gasteiger charge is -2.13. The van der Waals surface area contributed by atoms with E-state index < -0.39 is 0 Å². The molecular formula is C41H35N. The largest absolute Gasteiger partial charge is 0.356 e. The highest BCUT2D eigenvalue weighted by atomic mass is 14.9. The summed E-state index contributed by atoms with van der Waals surface area (Å²) in [7, 11) is 0. The van der Waals surface area contributed by atoms with Gasteiger partial charge in [-0.2, -0.15) is 0 Å². The van der Waals surface area contributed by atoms with E-state index in [1.54, 1.807) is 0 Å². The van der Waals surface area contributed by atoms with E-state index in [9.17, 15) is 0 Å². The van der Waals surface area contributed by atoms with Gasteiger partial charge in [0.1, 0.15) is 0 Å². The van der Waals surface area contributed by atoms with E-state index in [2.05, 4.69) is 165 Å². The fourth-order valence-corrected chi connectivity index (χ4v) is 5.56. The second-order valence-corrected chi connectivity index (χ2v) is 10.8. The Bertz CT molecular complexity index is 1900. The molecule has 0 aromatic heterocycles. The van der Waals surface area contributed by atoms with Crippen LogP contribution in [0, 0.1) is 13.8 Å². The van der Waals surface area contributed by atoms with E-state index >= 15 is 0 Å². The Morgan fingerprint density at radius 3 is 1.88 bits per heavy atom. The van der Waals surface area contributed by atoms with Gasteiger partial charge in [0.2, 0.25) is 0 Å². The lowest BCUT2D eigenvalue weighted by atomic mass is 9.93. The summed E-state index contributed by atoms with van der Waals surface area (Å²) in [6, 6.07) is 45.9. The van der Waals surface area contributed by atoms with Crippen molar-refractivity contribution in [3.05, 3.63) is 162 Å². The van der Waals surface area contributed by atoms with Crippen LogP contribution in [0.2, 0.25) is 0 Å². The lowest BCUT2D eigenvalue weighted by Crippen LogP contribution is -1.91. The van der Waals surface area contributed by atoms with Gasteiger partial charge in [-0.05, 0) is 124 Å². The van der Waals surface area contributed by atoms with Gasteiger partial charge in [-0.3, -0.25) is 0 Å². The molecule has 0 unspecified atom stereocenters. The molecule has 0 heterocycles.